The van der Waals surface area contributed by atoms with Gasteiger partial charge in [-0.3, -0.25) is 4.79 Å². The first kappa shape index (κ1) is 14.9. The summed E-state index contributed by atoms with van der Waals surface area (Å²) in [7, 11) is 1.84. The maximum Gasteiger partial charge on any atom is 0.233 e. The number of halogens is 1. The molecule has 0 saturated heterocycles. The average molecular weight is 322 g/mol. The summed E-state index contributed by atoms with van der Waals surface area (Å²) in [6, 6.07) is 14.6. The zero-order valence-corrected chi connectivity index (χ0v) is 13.6. The normalized spacial score (nSPS) is 15.4. The maximum atomic E-state index is 13.6. The molecular formula is C20H19FN2O. The van der Waals surface area contributed by atoms with E-state index in [4.69, 9.17) is 0 Å². The minimum atomic E-state index is -0.504. The Morgan fingerprint density at radius 1 is 1.21 bits per heavy atom. The zero-order valence-electron chi connectivity index (χ0n) is 13.6. The maximum absolute atomic E-state index is 13.6. The predicted molar refractivity (Wildman–Crippen MR) is 92.1 cm³/mol. The summed E-state index contributed by atoms with van der Waals surface area (Å²) in [6.45, 7) is 0.581. The van der Waals surface area contributed by atoms with Crippen LogP contribution < -0.4 is 0 Å². The minimum Gasteiger partial charge on any atom is -0.361 e. The molecule has 4 heteroatoms. The molecule has 122 valence electrons. The molecule has 24 heavy (non-hydrogen) atoms. The van der Waals surface area contributed by atoms with Gasteiger partial charge in [0.1, 0.15) is 5.82 Å². The number of amides is 1. The molecule has 0 aliphatic heterocycles. The highest BCUT2D eigenvalue weighted by Gasteiger charge is 2.53. The Bertz CT molecular complexity index is 896. The van der Waals surface area contributed by atoms with Crippen molar-refractivity contribution >= 4 is 16.8 Å². The fourth-order valence-electron chi connectivity index (χ4n) is 3.51. The summed E-state index contributed by atoms with van der Waals surface area (Å²) in [4.78, 5) is 18.0. The van der Waals surface area contributed by atoms with Gasteiger partial charge in [0.2, 0.25) is 5.91 Å². The first-order valence-electron chi connectivity index (χ1n) is 8.17. The lowest BCUT2D eigenvalue weighted by Gasteiger charge is -2.23. The third kappa shape index (κ3) is 2.39. The van der Waals surface area contributed by atoms with Gasteiger partial charge in [-0.1, -0.05) is 30.3 Å². The Labute approximate surface area is 140 Å². The van der Waals surface area contributed by atoms with Gasteiger partial charge in [-0.25, -0.2) is 4.39 Å². The summed E-state index contributed by atoms with van der Waals surface area (Å²) in [5.74, 6) is -0.166. The standard InChI is InChI=1S/C20H19FN2O/c1-23(13-14-5-3-2-4-6-14)19(24)20(9-10-20)17-12-22-18-8-7-15(21)11-16(17)18/h2-8,11-12,22H,9-10,13H2,1H3. The highest BCUT2D eigenvalue weighted by Crippen LogP contribution is 2.51. The van der Waals surface area contributed by atoms with Gasteiger partial charge in [0.25, 0.3) is 0 Å². The highest BCUT2D eigenvalue weighted by molar-refractivity contribution is 5.97. The van der Waals surface area contributed by atoms with Crippen molar-refractivity contribution in [2.45, 2.75) is 24.8 Å². The van der Waals surface area contributed by atoms with Crippen molar-refractivity contribution in [1.29, 1.82) is 0 Å². The van der Waals surface area contributed by atoms with Gasteiger partial charge in [0.05, 0.1) is 5.41 Å². The largest absolute Gasteiger partial charge is 0.361 e. The van der Waals surface area contributed by atoms with E-state index in [1.54, 1.807) is 11.0 Å². The molecule has 1 amide bonds. The van der Waals surface area contributed by atoms with Crippen LogP contribution in [0.25, 0.3) is 10.9 Å². The van der Waals surface area contributed by atoms with Crippen LogP contribution in [0.1, 0.15) is 24.0 Å². The molecule has 1 aliphatic rings. The summed E-state index contributed by atoms with van der Waals surface area (Å²) in [5, 5.41) is 0.814. The summed E-state index contributed by atoms with van der Waals surface area (Å²) in [6.07, 6.45) is 3.49. The number of hydrogen-bond donors (Lipinski definition) is 1. The van der Waals surface area contributed by atoms with Crippen LogP contribution in [-0.4, -0.2) is 22.8 Å². The summed E-state index contributed by atoms with van der Waals surface area (Å²) in [5.41, 5.74) is 2.39. The molecule has 0 unspecified atom stereocenters. The Kier molecular flexibility index (Phi) is 3.41. The molecule has 0 bridgehead atoms. The number of likely N-dealkylation sites (N-methyl/N-ethyl adjacent to an activating group) is 1. The molecule has 0 atom stereocenters. The molecule has 3 aromatic rings. The fraction of sp³-hybridized carbons (Fsp3) is 0.250. The Morgan fingerprint density at radius 3 is 2.67 bits per heavy atom. The topological polar surface area (TPSA) is 36.1 Å². The lowest BCUT2D eigenvalue weighted by atomic mass is 9.93. The lowest BCUT2D eigenvalue weighted by Crippen LogP contribution is -2.36. The molecule has 1 fully saturated rings. The van der Waals surface area contributed by atoms with E-state index in [0.717, 1.165) is 34.9 Å². The van der Waals surface area contributed by atoms with Crippen molar-refractivity contribution in [3.05, 3.63) is 71.7 Å². The number of fused-ring (bicyclic) bond motifs is 1. The molecule has 4 rings (SSSR count). The van der Waals surface area contributed by atoms with Gasteiger partial charge in [-0.2, -0.15) is 0 Å². The van der Waals surface area contributed by atoms with E-state index in [9.17, 15) is 9.18 Å². The number of nitrogens with zero attached hydrogens (tertiary/aromatic N) is 1. The van der Waals surface area contributed by atoms with Gasteiger partial charge in [0.15, 0.2) is 0 Å². The van der Waals surface area contributed by atoms with E-state index in [0.29, 0.717) is 6.54 Å². The van der Waals surface area contributed by atoms with Crippen LogP contribution in [0.4, 0.5) is 4.39 Å². The van der Waals surface area contributed by atoms with Gasteiger partial charge >= 0.3 is 0 Å². The molecule has 1 heterocycles. The first-order chi connectivity index (χ1) is 11.6. The quantitative estimate of drug-likeness (QED) is 0.774. The van der Waals surface area contributed by atoms with E-state index >= 15 is 0 Å². The number of H-pyrrole nitrogens is 1. The summed E-state index contributed by atoms with van der Waals surface area (Å²) < 4.78 is 13.6. The second kappa shape index (κ2) is 5.48. The van der Waals surface area contributed by atoms with E-state index in [2.05, 4.69) is 4.98 Å². The summed E-state index contributed by atoms with van der Waals surface area (Å²) >= 11 is 0. The Morgan fingerprint density at radius 2 is 1.96 bits per heavy atom. The number of rotatable bonds is 4. The van der Waals surface area contributed by atoms with Crippen molar-refractivity contribution in [3.8, 4) is 0 Å². The van der Waals surface area contributed by atoms with Crippen LogP contribution in [0.2, 0.25) is 0 Å². The first-order valence-corrected chi connectivity index (χ1v) is 8.17. The van der Waals surface area contributed by atoms with Crippen molar-refractivity contribution < 1.29 is 9.18 Å². The average Bonchev–Trinajstić information content (AvgIpc) is 3.29. The number of aromatic amines is 1. The van der Waals surface area contributed by atoms with Gasteiger partial charge in [0, 0.05) is 30.7 Å². The zero-order chi connectivity index (χ0) is 16.7. The highest BCUT2D eigenvalue weighted by atomic mass is 19.1. The smallest absolute Gasteiger partial charge is 0.233 e. The second-order valence-electron chi connectivity index (χ2n) is 6.62. The Balaban J connectivity index is 1.64. The number of aromatic nitrogens is 1. The fourth-order valence-corrected chi connectivity index (χ4v) is 3.51. The van der Waals surface area contributed by atoms with Crippen LogP contribution in [0.15, 0.2) is 54.7 Å². The lowest BCUT2D eigenvalue weighted by molar-refractivity contribution is -0.133. The van der Waals surface area contributed by atoms with E-state index in [1.165, 1.54) is 12.1 Å². The Hall–Kier alpha value is -2.62. The van der Waals surface area contributed by atoms with E-state index < -0.39 is 5.41 Å². The van der Waals surface area contributed by atoms with Crippen molar-refractivity contribution in [3.63, 3.8) is 0 Å². The van der Waals surface area contributed by atoms with Gasteiger partial charge < -0.3 is 9.88 Å². The number of benzene rings is 2. The van der Waals surface area contributed by atoms with E-state index in [1.807, 2.05) is 43.6 Å². The van der Waals surface area contributed by atoms with Crippen molar-refractivity contribution in [2.75, 3.05) is 7.05 Å². The number of nitrogens with one attached hydrogen (secondary N) is 1. The van der Waals surface area contributed by atoms with Crippen LogP contribution in [0, 0.1) is 5.82 Å². The molecule has 2 aromatic carbocycles. The number of hydrogen-bond acceptors (Lipinski definition) is 1. The van der Waals surface area contributed by atoms with Gasteiger partial charge in [-0.05, 0) is 42.2 Å². The van der Waals surface area contributed by atoms with Gasteiger partial charge in [-0.15, -0.1) is 0 Å². The molecule has 1 N–H and O–H groups in total. The van der Waals surface area contributed by atoms with Crippen LogP contribution >= 0.6 is 0 Å². The molecule has 1 aliphatic carbocycles. The number of carbonyl (C=O) groups is 1. The molecule has 0 radical (unpaired) electrons. The third-order valence-electron chi connectivity index (χ3n) is 4.93. The molecule has 3 nitrogen and oxygen atoms in total. The predicted octanol–water partition coefficient (Wildman–Crippen LogP) is 4.00. The SMILES string of the molecule is CN(Cc1ccccc1)C(=O)C1(c2c[nH]c3ccc(F)cc23)CC1. The van der Waals surface area contributed by atoms with Crippen LogP contribution in [0.5, 0.6) is 0 Å². The second-order valence-corrected chi connectivity index (χ2v) is 6.62. The van der Waals surface area contributed by atoms with Crippen molar-refractivity contribution in [2.24, 2.45) is 0 Å². The van der Waals surface area contributed by atoms with Crippen LogP contribution in [0.3, 0.4) is 0 Å². The van der Waals surface area contributed by atoms with Crippen molar-refractivity contribution in [1.82, 2.24) is 9.88 Å². The molecule has 1 aromatic heterocycles. The molecule has 0 spiro atoms. The molecule has 1 saturated carbocycles. The minimum absolute atomic E-state index is 0.108. The molecular weight excluding hydrogens is 303 g/mol. The number of carbonyl (C=O) groups excluding carboxylic acids is 1. The monoisotopic (exact) mass is 322 g/mol. The van der Waals surface area contributed by atoms with Crippen LogP contribution in [-0.2, 0) is 16.8 Å². The third-order valence-corrected chi connectivity index (χ3v) is 4.93. The van der Waals surface area contributed by atoms with E-state index in [-0.39, 0.29) is 11.7 Å².